The molecule has 8 heteroatoms. The number of fused-ring (bicyclic) bond motifs is 7. The molecule has 3 aromatic heterocycles. The molecule has 3 aromatic rings. The summed E-state index contributed by atoms with van der Waals surface area (Å²) in [6, 6.07) is 0. The van der Waals surface area contributed by atoms with Gasteiger partial charge in [-0.3, -0.25) is 14.4 Å². The number of allylic oxidation sites excluding steroid dienone is 2. The maximum absolute atomic E-state index is 13.9. The SMILES string of the molecule is CCc1c2[nH]c(c1C)/C=C1\N/C(=C3\c4[nH]c(c(C)c4C(=O)[C@@H]3C(=O)OC)/C=c3\[nH]/c(c(C=O)c3CC)=C\2)[C@@H](C)[C@@H]1C. The second kappa shape index (κ2) is 9.65. The molecule has 3 aliphatic rings. The average molecular weight is 553 g/mol. The van der Waals surface area contributed by atoms with Crippen LogP contribution >= 0.6 is 0 Å². The standard InChI is InChI=1S/C33H36N4O4/c1-8-18-16(5)22-10-21-14(3)15(4)30(36-21)28-29(33(40)41-7)32(39)27-17(6)23(37-31(27)28)11-25-19(9-2)20(13-38)26(35-25)12-24(18)34-22/h10-15,29,34-37H,8-9H2,1-7H3/b21-10-,25-11-,26-12-,30-28-/t14-,15-,29+/m0/s1. The van der Waals surface area contributed by atoms with Crippen LogP contribution in [0.5, 0.6) is 0 Å². The molecular formula is C33H36N4O4. The van der Waals surface area contributed by atoms with Crippen molar-refractivity contribution in [2.75, 3.05) is 7.11 Å². The molecule has 212 valence electrons. The second-order valence-corrected chi connectivity index (χ2v) is 11.4. The monoisotopic (exact) mass is 552 g/mol. The van der Waals surface area contributed by atoms with E-state index in [2.05, 4.69) is 54.0 Å². The van der Waals surface area contributed by atoms with E-state index in [0.29, 0.717) is 28.8 Å². The molecule has 0 spiro atoms. The van der Waals surface area contributed by atoms with Crippen molar-refractivity contribution in [2.45, 2.75) is 54.4 Å². The molecule has 4 N–H and O–H groups in total. The summed E-state index contributed by atoms with van der Waals surface area (Å²) < 4.78 is 5.14. The molecule has 1 aliphatic carbocycles. The molecule has 8 bridgehead atoms. The summed E-state index contributed by atoms with van der Waals surface area (Å²) in [6.07, 6.45) is 8.54. The van der Waals surface area contributed by atoms with Gasteiger partial charge in [0, 0.05) is 62.4 Å². The maximum Gasteiger partial charge on any atom is 0.321 e. The number of aromatic amines is 3. The zero-order valence-corrected chi connectivity index (χ0v) is 24.6. The van der Waals surface area contributed by atoms with Crippen LogP contribution in [0.3, 0.4) is 0 Å². The van der Waals surface area contributed by atoms with Crippen LogP contribution in [0.15, 0.2) is 11.4 Å². The summed E-state index contributed by atoms with van der Waals surface area (Å²) in [5.41, 5.74) is 11.0. The Kier molecular flexibility index (Phi) is 6.32. The van der Waals surface area contributed by atoms with Gasteiger partial charge in [0.25, 0.3) is 0 Å². The van der Waals surface area contributed by atoms with Crippen LogP contribution in [0, 0.1) is 31.6 Å². The smallest absolute Gasteiger partial charge is 0.321 e. The van der Waals surface area contributed by atoms with Crippen molar-refractivity contribution >= 4 is 41.8 Å². The van der Waals surface area contributed by atoms with Gasteiger partial charge in [0.05, 0.1) is 18.2 Å². The number of H-pyrrole nitrogens is 3. The predicted octanol–water partition coefficient (Wildman–Crippen LogP) is 3.81. The van der Waals surface area contributed by atoms with Crippen LogP contribution in [0.2, 0.25) is 0 Å². The molecule has 0 amide bonds. The lowest BCUT2D eigenvalue weighted by atomic mass is 9.89. The number of ketones is 1. The van der Waals surface area contributed by atoms with Gasteiger partial charge in [0.1, 0.15) is 5.92 Å². The number of aromatic nitrogens is 3. The highest BCUT2D eigenvalue weighted by atomic mass is 16.5. The quantitative estimate of drug-likeness (QED) is 0.223. The summed E-state index contributed by atoms with van der Waals surface area (Å²) in [7, 11) is 1.32. The first-order valence-corrected chi connectivity index (χ1v) is 14.3. The van der Waals surface area contributed by atoms with Crippen molar-refractivity contribution in [3.05, 3.63) is 78.2 Å². The number of carbonyl (C=O) groups is 3. The van der Waals surface area contributed by atoms with Crippen LogP contribution in [0.1, 0.15) is 93.4 Å². The third kappa shape index (κ3) is 3.76. The first-order chi connectivity index (χ1) is 19.6. The topological polar surface area (TPSA) is 120 Å². The van der Waals surface area contributed by atoms with Crippen molar-refractivity contribution in [1.82, 2.24) is 20.3 Å². The van der Waals surface area contributed by atoms with E-state index in [1.165, 1.54) is 12.7 Å². The third-order valence-electron chi connectivity index (χ3n) is 9.42. The number of hydrogen-bond acceptors (Lipinski definition) is 5. The summed E-state index contributed by atoms with van der Waals surface area (Å²) in [5.74, 6) is -1.70. The molecule has 41 heavy (non-hydrogen) atoms. The number of hydrogen-bond donors (Lipinski definition) is 4. The number of ether oxygens (including phenoxy) is 1. The molecule has 0 unspecified atom stereocenters. The molecule has 0 saturated carbocycles. The zero-order chi connectivity index (χ0) is 29.3. The number of methoxy groups -OCH3 is 1. The normalized spacial score (nSPS) is 25.6. The zero-order valence-electron chi connectivity index (χ0n) is 24.6. The van der Waals surface area contributed by atoms with E-state index < -0.39 is 11.9 Å². The van der Waals surface area contributed by atoms with E-state index in [9.17, 15) is 14.4 Å². The molecule has 3 atom stereocenters. The van der Waals surface area contributed by atoms with Crippen LogP contribution in [-0.4, -0.2) is 40.1 Å². The lowest BCUT2D eigenvalue weighted by molar-refractivity contribution is -0.141. The largest absolute Gasteiger partial charge is 0.468 e. The van der Waals surface area contributed by atoms with Crippen LogP contribution < -0.4 is 16.0 Å². The van der Waals surface area contributed by atoms with Gasteiger partial charge in [-0.15, -0.1) is 0 Å². The van der Waals surface area contributed by atoms with Crippen LogP contribution in [0.4, 0.5) is 0 Å². The molecule has 6 rings (SSSR count). The molecule has 0 radical (unpaired) electrons. The van der Waals surface area contributed by atoms with Gasteiger partial charge in [-0.1, -0.05) is 27.7 Å². The van der Waals surface area contributed by atoms with Crippen LogP contribution in [0.25, 0.3) is 23.8 Å². The van der Waals surface area contributed by atoms with Gasteiger partial charge < -0.3 is 25.0 Å². The molecule has 8 nitrogen and oxygen atoms in total. The molecule has 1 fully saturated rings. The maximum atomic E-state index is 13.9. The summed E-state index contributed by atoms with van der Waals surface area (Å²) in [6.45, 7) is 12.5. The minimum atomic E-state index is -1.03. The molecular weight excluding hydrogens is 516 g/mol. The number of aldehydes is 1. The Morgan fingerprint density at radius 3 is 2.24 bits per heavy atom. The minimum Gasteiger partial charge on any atom is -0.468 e. The predicted molar refractivity (Wildman–Crippen MR) is 159 cm³/mol. The van der Waals surface area contributed by atoms with Gasteiger partial charge in [0.15, 0.2) is 12.1 Å². The molecule has 0 aromatic carbocycles. The number of esters is 1. The van der Waals surface area contributed by atoms with Crippen molar-refractivity contribution < 1.29 is 19.1 Å². The molecule has 2 aliphatic heterocycles. The Bertz CT molecular complexity index is 1840. The van der Waals surface area contributed by atoms with E-state index in [4.69, 9.17) is 4.74 Å². The Morgan fingerprint density at radius 2 is 1.59 bits per heavy atom. The van der Waals surface area contributed by atoms with Gasteiger partial charge in [-0.2, -0.15) is 0 Å². The van der Waals surface area contributed by atoms with Crippen molar-refractivity contribution in [1.29, 1.82) is 0 Å². The Labute approximate surface area is 238 Å². The second-order valence-electron chi connectivity index (χ2n) is 11.4. The number of Topliss-reactive ketones (excluding diaryl/α,β-unsaturated/α-hetero) is 1. The van der Waals surface area contributed by atoms with Gasteiger partial charge >= 0.3 is 5.97 Å². The fourth-order valence-corrected chi connectivity index (χ4v) is 6.90. The van der Waals surface area contributed by atoms with E-state index in [-0.39, 0.29) is 17.6 Å². The highest BCUT2D eigenvalue weighted by molar-refractivity contribution is 6.24. The summed E-state index contributed by atoms with van der Waals surface area (Å²) in [5, 5.41) is 5.18. The van der Waals surface area contributed by atoms with Gasteiger partial charge in [-0.05, 0) is 67.2 Å². The highest BCUT2D eigenvalue weighted by Crippen LogP contribution is 2.47. The number of nitrogens with one attached hydrogen (secondary N) is 4. The summed E-state index contributed by atoms with van der Waals surface area (Å²) in [4.78, 5) is 49.9. The Hall–Kier alpha value is -4.33. The van der Waals surface area contributed by atoms with Crippen LogP contribution in [-0.2, 0) is 22.4 Å². The highest BCUT2D eigenvalue weighted by Gasteiger charge is 2.47. The lowest BCUT2D eigenvalue weighted by Crippen LogP contribution is -2.24. The first kappa shape index (κ1) is 26.9. The van der Waals surface area contributed by atoms with E-state index in [0.717, 1.165) is 68.6 Å². The van der Waals surface area contributed by atoms with Gasteiger partial charge in [0.2, 0.25) is 0 Å². The number of rotatable bonds is 4. The Morgan fingerprint density at radius 1 is 0.902 bits per heavy atom. The third-order valence-corrected chi connectivity index (χ3v) is 9.42. The van der Waals surface area contributed by atoms with Crippen molar-refractivity contribution in [3.8, 4) is 0 Å². The Balaban J connectivity index is 1.75. The van der Waals surface area contributed by atoms with Gasteiger partial charge in [-0.25, -0.2) is 0 Å². The summed E-state index contributed by atoms with van der Waals surface area (Å²) >= 11 is 0. The van der Waals surface area contributed by atoms with Crippen molar-refractivity contribution in [2.24, 2.45) is 17.8 Å². The van der Waals surface area contributed by atoms with Crippen molar-refractivity contribution in [3.63, 3.8) is 0 Å². The minimum absolute atomic E-state index is 0.0354. The number of carbonyl (C=O) groups excluding carboxylic acids is 3. The fraction of sp³-hybridized carbons (Fsp3) is 0.364. The lowest BCUT2D eigenvalue weighted by Gasteiger charge is -2.16. The van der Waals surface area contributed by atoms with E-state index in [1.54, 1.807) is 0 Å². The van der Waals surface area contributed by atoms with E-state index >= 15 is 0 Å². The average Bonchev–Trinajstić information content (AvgIpc) is 3.70. The molecule has 5 heterocycles. The van der Waals surface area contributed by atoms with E-state index in [1.807, 2.05) is 26.0 Å². The first-order valence-electron chi connectivity index (χ1n) is 14.3. The fourth-order valence-electron chi connectivity index (χ4n) is 6.90. The molecule has 1 saturated heterocycles.